The van der Waals surface area contributed by atoms with Crippen molar-refractivity contribution in [2.24, 2.45) is 0 Å². The van der Waals surface area contributed by atoms with Gasteiger partial charge in [-0.15, -0.1) is 11.8 Å². The SMILES string of the molecule is CCc1noc(-c2ccccc2)c1-c1ccc(SC)cc1. The monoisotopic (exact) mass is 295 g/mol. The molecular formula is C18H17NOS. The fourth-order valence-electron chi connectivity index (χ4n) is 2.41. The Labute approximate surface area is 129 Å². The van der Waals surface area contributed by atoms with Gasteiger partial charge in [0.25, 0.3) is 0 Å². The Morgan fingerprint density at radius 2 is 1.67 bits per heavy atom. The first-order chi connectivity index (χ1) is 10.3. The van der Waals surface area contributed by atoms with Gasteiger partial charge in [-0.05, 0) is 30.4 Å². The molecule has 0 amide bonds. The molecule has 3 aromatic rings. The number of nitrogens with zero attached hydrogens (tertiary/aromatic N) is 1. The summed E-state index contributed by atoms with van der Waals surface area (Å²) >= 11 is 1.75. The summed E-state index contributed by atoms with van der Waals surface area (Å²) in [6, 6.07) is 18.7. The molecule has 2 nitrogen and oxygen atoms in total. The number of aryl methyl sites for hydroxylation is 1. The summed E-state index contributed by atoms with van der Waals surface area (Å²) in [5.41, 5.74) is 4.33. The minimum Gasteiger partial charge on any atom is -0.355 e. The van der Waals surface area contributed by atoms with Crippen molar-refractivity contribution in [3.05, 3.63) is 60.3 Å². The predicted molar refractivity (Wildman–Crippen MR) is 88.5 cm³/mol. The maximum atomic E-state index is 5.63. The molecular weight excluding hydrogens is 278 g/mol. The molecule has 3 heteroatoms. The van der Waals surface area contributed by atoms with Gasteiger partial charge >= 0.3 is 0 Å². The second kappa shape index (κ2) is 6.19. The molecule has 0 aliphatic rings. The van der Waals surface area contributed by atoms with Crippen LogP contribution >= 0.6 is 11.8 Å². The lowest BCUT2D eigenvalue weighted by atomic mass is 9.99. The molecule has 0 spiro atoms. The molecule has 0 saturated carbocycles. The molecule has 0 radical (unpaired) electrons. The highest BCUT2D eigenvalue weighted by Gasteiger charge is 2.17. The van der Waals surface area contributed by atoms with E-state index < -0.39 is 0 Å². The molecule has 0 bridgehead atoms. The van der Waals surface area contributed by atoms with Gasteiger partial charge in [-0.1, -0.05) is 54.5 Å². The van der Waals surface area contributed by atoms with Crippen LogP contribution in [0.3, 0.4) is 0 Å². The van der Waals surface area contributed by atoms with Gasteiger partial charge in [0.15, 0.2) is 5.76 Å². The third kappa shape index (κ3) is 2.74. The summed E-state index contributed by atoms with van der Waals surface area (Å²) in [4.78, 5) is 1.26. The number of aromatic nitrogens is 1. The van der Waals surface area contributed by atoms with Crippen LogP contribution in [-0.4, -0.2) is 11.4 Å². The first kappa shape index (κ1) is 14.0. The summed E-state index contributed by atoms with van der Waals surface area (Å²) in [5, 5.41) is 4.25. The number of hydrogen-bond acceptors (Lipinski definition) is 3. The van der Waals surface area contributed by atoms with Crippen molar-refractivity contribution >= 4 is 11.8 Å². The lowest BCUT2D eigenvalue weighted by Crippen LogP contribution is -1.87. The van der Waals surface area contributed by atoms with E-state index in [-0.39, 0.29) is 0 Å². The van der Waals surface area contributed by atoms with E-state index in [2.05, 4.69) is 54.7 Å². The highest BCUT2D eigenvalue weighted by molar-refractivity contribution is 7.98. The van der Waals surface area contributed by atoms with Gasteiger partial charge in [-0.2, -0.15) is 0 Å². The molecule has 106 valence electrons. The second-order valence-corrected chi connectivity index (χ2v) is 5.66. The van der Waals surface area contributed by atoms with Crippen LogP contribution in [-0.2, 0) is 6.42 Å². The minimum atomic E-state index is 0.851. The summed E-state index contributed by atoms with van der Waals surface area (Å²) in [6.07, 6.45) is 2.94. The number of hydrogen-bond donors (Lipinski definition) is 0. The summed E-state index contributed by atoms with van der Waals surface area (Å²) in [6.45, 7) is 2.10. The van der Waals surface area contributed by atoms with E-state index in [0.717, 1.165) is 34.6 Å². The van der Waals surface area contributed by atoms with Gasteiger partial charge in [0, 0.05) is 10.5 Å². The molecule has 0 atom stereocenters. The average molecular weight is 295 g/mol. The van der Waals surface area contributed by atoms with E-state index in [9.17, 15) is 0 Å². The first-order valence-corrected chi connectivity index (χ1v) is 8.24. The maximum absolute atomic E-state index is 5.63. The van der Waals surface area contributed by atoms with Gasteiger partial charge in [0.2, 0.25) is 0 Å². The van der Waals surface area contributed by atoms with Crippen LogP contribution < -0.4 is 0 Å². The molecule has 21 heavy (non-hydrogen) atoms. The Balaban J connectivity index is 2.13. The molecule has 1 heterocycles. The molecule has 0 aliphatic carbocycles. The van der Waals surface area contributed by atoms with Crippen LogP contribution in [0.1, 0.15) is 12.6 Å². The number of rotatable bonds is 4. The van der Waals surface area contributed by atoms with E-state index in [1.54, 1.807) is 11.8 Å². The molecule has 3 rings (SSSR count). The van der Waals surface area contributed by atoms with E-state index in [1.807, 2.05) is 18.2 Å². The fraction of sp³-hybridized carbons (Fsp3) is 0.167. The van der Waals surface area contributed by atoms with Crippen LogP contribution in [0, 0.1) is 0 Å². The summed E-state index contributed by atoms with van der Waals surface area (Å²) in [5.74, 6) is 0.851. The minimum absolute atomic E-state index is 0.851. The van der Waals surface area contributed by atoms with Crippen molar-refractivity contribution in [2.75, 3.05) is 6.26 Å². The van der Waals surface area contributed by atoms with Crippen molar-refractivity contribution in [3.8, 4) is 22.5 Å². The van der Waals surface area contributed by atoms with Crippen molar-refractivity contribution in [3.63, 3.8) is 0 Å². The Kier molecular flexibility index (Phi) is 4.11. The van der Waals surface area contributed by atoms with Crippen LogP contribution in [0.4, 0.5) is 0 Å². The highest BCUT2D eigenvalue weighted by Crippen LogP contribution is 2.35. The largest absolute Gasteiger partial charge is 0.355 e. The number of benzene rings is 2. The van der Waals surface area contributed by atoms with Crippen molar-refractivity contribution in [1.82, 2.24) is 5.16 Å². The van der Waals surface area contributed by atoms with Crippen LogP contribution in [0.25, 0.3) is 22.5 Å². The molecule has 2 aromatic carbocycles. The molecule has 1 aromatic heterocycles. The average Bonchev–Trinajstić information content (AvgIpc) is 2.99. The molecule has 0 saturated heterocycles. The summed E-state index contributed by atoms with van der Waals surface area (Å²) < 4.78 is 5.63. The zero-order chi connectivity index (χ0) is 14.7. The van der Waals surface area contributed by atoms with Gasteiger partial charge in [-0.3, -0.25) is 0 Å². The van der Waals surface area contributed by atoms with E-state index >= 15 is 0 Å². The highest BCUT2D eigenvalue weighted by atomic mass is 32.2. The fourth-order valence-corrected chi connectivity index (χ4v) is 2.81. The second-order valence-electron chi connectivity index (χ2n) is 4.78. The van der Waals surface area contributed by atoms with Crippen LogP contribution in [0.5, 0.6) is 0 Å². The Morgan fingerprint density at radius 1 is 0.952 bits per heavy atom. The topological polar surface area (TPSA) is 26.0 Å². The third-order valence-corrected chi connectivity index (χ3v) is 4.26. The Bertz CT molecular complexity index is 717. The molecule has 0 unspecified atom stereocenters. The zero-order valence-corrected chi connectivity index (χ0v) is 13.0. The maximum Gasteiger partial charge on any atom is 0.174 e. The van der Waals surface area contributed by atoms with Gasteiger partial charge in [0.1, 0.15) is 0 Å². The number of thioether (sulfide) groups is 1. The van der Waals surface area contributed by atoms with Crippen molar-refractivity contribution in [1.29, 1.82) is 0 Å². The lowest BCUT2D eigenvalue weighted by molar-refractivity contribution is 0.424. The third-order valence-electron chi connectivity index (χ3n) is 3.51. The van der Waals surface area contributed by atoms with E-state index in [1.165, 1.54) is 4.90 Å². The smallest absolute Gasteiger partial charge is 0.174 e. The zero-order valence-electron chi connectivity index (χ0n) is 12.2. The van der Waals surface area contributed by atoms with Crippen molar-refractivity contribution in [2.45, 2.75) is 18.2 Å². The van der Waals surface area contributed by atoms with Gasteiger partial charge in [-0.25, -0.2) is 0 Å². The molecule has 0 N–H and O–H groups in total. The predicted octanol–water partition coefficient (Wildman–Crippen LogP) is 5.29. The molecule has 0 fully saturated rings. The quantitative estimate of drug-likeness (QED) is 0.611. The Hall–Kier alpha value is -2.00. The van der Waals surface area contributed by atoms with Crippen LogP contribution in [0.15, 0.2) is 64.0 Å². The van der Waals surface area contributed by atoms with Crippen LogP contribution in [0.2, 0.25) is 0 Å². The van der Waals surface area contributed by atoms with E-state index in [4.69, 9.17) is 4.52 Å². The van der Waals surface area contributed by atoms with Gasteiger partial charge < -0.3 is 4.52 Å². The van der Waals surface area contributed by atoms with Crippen molar-refractivity contribution < 1.29 is 4.52 Å². The van der Waals surface area contributed by atoms with E-state index in [0.29, 0.717) is 0 Å². The van der Waals surface area contributed by atoms with Gasteiger partial charge in [0.05, 0.1) is 11.3 Å². The normalized spacial score (nSPS) is 10.8. The standard InChI is InChI=1S/C18H17NOS/c1-3-16-17(13-9-11-15(21-2)12-10-13)18(20-19-16)14-7-5-4-6-8-14/h4-12H,3H2,1-2H3. The lowest BCUT2D eigenvalue weighted by Gasteiger charge is -2.05. The Morgan fingerprint density at radius 3 is 2.29 bits per heavy atom. The first-order valence-electron chi connectivity index (χ1n) is 7.02. The summed E-state index contributed by atoms with van der Waals surface area (Å²) in [7, 11) is 0. The molecule has 0 aliphatic heterocycles.